The first-order valence-corrected chi connectivity index (χ1v) is 13.3. The molecule has 1 saturated carbocycles. The van der Waals surface area contributed by atoms with Crippen LogP contribution in [-0.2, 0) is 0 Å². The van der Waals surface area contributed by atoms with E-state index in [9.17, 15) is 10.5 Å². The summed E-state index contributed by atoms with van der Waals surface area (Å²) in [7, 11) is 0. The minimum atomic E-state index is -0.415. The van der Waals surface area contributed by atoms with Crippen molar-refractivity contribution >= 4 is 27.7 Å². The van der Waals surface area contributed by atoms with Gasteiger partial charge in [0.25, 0.3) is 0 Å². The minimum absolute atomic E-state index is 0.134. The van der Waals surface area contributed by atoms with E-state index < -0.39 is 5.66 Å². The molecule has 2 aliphatic heterocycles. The highest BCUT2D eigenvalue weighted by Crippen LogP contribution is 2.56. The van der Waals surface area contributed by atoms with Crippen molar-refractivity contribution in [3.05, 3.63) is 119 Å². The van der Waals surface area contributed by atoms with E-state index in [0.717, 1.165) is 52.3 Å². The van der Waals surface area contributed by atoms with Crippen LogP contribution in [0.5, 0.6) is 0 Å². The third-order valence-corrected chi connectivity index (χ3v) is 8.59. The Morgan fingerprint density at radius 3 is 2.26 bits per heavy atom. The summed E-state index contributed by atoms with van der Waals surface area (Å²) < 4.78 is 0. The number of nitriles is 2. The lowest BCUT2D eigenvalue weighted by atomic mass is 9.66. The third kappa shape index (κ3) is 3.17. The molecule has 7 rings (SSSR count). The molecule has 0 amide bonds. The summed E-state index contributed by atoms with van der Waals surface area (Å²) >= 11 is 0. The van der Waals surface area contributed by atoms with Gasteiger partial charge < -0.3 is 4.90 Å². The Hall–Kier alpha value is -4.67. The van der Waals surface area contributed by atoms with Gasteiger partial charge in [0.2, 0.25) is 0 Å². The number of hydrogen-bond donors (Lipinski definition) is 0. The molecule has 1 spiro atoms. The van der Waals surface area contributed by atoms with Gasteiger partial charge in [-0.15, -0.1) is 0 Å². The van der Waals surface area contributed by atoms with Crippen molar-refractivity contribution in [2.45, 2.75) is 37.3 Å². The molecule has 0 unspecified atom stereocenters. The molecule has 4 heteroatoms. The van der Waals surface area contributed by atoms with E-state index in [0.29, 0.717) is 11.1 Å². The van der Waals surface area contributed by atoms with Crippen LogP contribution in [0.1, 0.15) is 42.7 Å². The zero-order valence-electron chi connectivity index (χ0n) is 21.0. The summed E-state index contributed by atoms with van der Waals surface area (Å²) in [5.74, 6) is 0.559. The Labute approximate surface area is 222 Å². The topological polar surface area (TPSA) is 63.2 Å². The van der Waals surface area contributed by atoms with Gasteiger partial charge in [0.05, 0.1) is 11.0 Å². The van der Waals surface area contributed by atoms with Crippen molar-refractivity contribution in [2.75, 3.05) is 4.90 Å². The fourth-order valence-corrected chi connectivity index (χ4v) is 7.02. The fraction of sp³-hybridized carbons (Fsp3) is 0.206. The average molecular weight is 491 g/mol. The molecule has 3 aliphatic rings. The predicted molar refractivity (Wildman–Crippen MR) is 150 cm³/mol. The number of anilines is 1. The van der Waals surface area contributed by atoms with Gasteiger partial charge in [-0.05, 0) is 41.8 Å². The molecule has 0 saturated heterocycles. The van der Waals surface area contributed by atoms with Crippen LogP contribution in [0, 0.1) is 28.6 Å². The number of hydrogen-bond acceptors (Lipinski definition) is 4. The first-order valence-electron chi connectivity index (χ1n) is 13.3. The molecule has 4 aromatic carbocycles. The van der Waals surface area contributed by atoms with Gasteiger partial charge >= 0.3 is 0 Å². The second-order valence-corrected chi connectivity index (χ2v) is 10.5. The Morgan fingerprint density at radius 1 is 0.842 bits per heavy atom. The van der Waals surface area contributed by atoms with Crippen LogP contribution in [0.15, 0.2) is 102 Å². The van der Waals surface area contributed by atoms with Gasteiger partial charge in [0, 0.05) is 28.1 Å². The van der Waals surface area contributed by atoms with Crippen molar-refractivity contribution in [3.63, 3.8) is 0 Å². The quantitative estimate of drug-likeness (QED) is 0.336. The Balaban J connectivity index is 1.60. The molecule has 0 N–H and O–H groups in total. The van der Waals surface area contributed by atoms with Gasteiger partial charge in [-0.1, -0.05) is 97.4 Å². The first-order chi connectivity index (χ1) is 18.7. The lowest BCUT2D eigenvalue weighted by Crippen LogP contribution is -2.55. The van der Waals surface area contributed by atoms with Gasteiger partial charge in [0.1, 0.15) is 23.4 Å². The molecule has 4 aromatic rings. The van der Waals surface area contributed by atoms with Crippen LogP contribution in [0.3, 0.4) is 0 Å². The highest BCUT2D eigenvalue weighted by Gasteiger charge is 2.55. The molecule has 38 heavy (non-hydrogen) atoms. The number of rotatable bonds is 2. The zero-order valence-corrected chi connectivity index (χ0v) is 21.0. The molecule has 1 fully saturated rings. The highest BCUT2D eigenvalue weighted by atomic mass is 15.4. The van der Waals surface area contributed by atoms with Crippen molar-refractivity contribution < 1.29 is 0 Å². The normalized spacial score (nSPS) is 23.2. The van der Waals surface area contributed by atoms with Crippen LogP contribution in [0.25, 0.3) is 22.0 Å². The monoisotopic (exact) mass is 490 g/mol. The molecule has 2 heterocycles. The lowest BCUT2D eigenvalue weighted by Gasteiger charge is -2.53. The second kappa shape index (κ2) is 8.72. The van der Waals surface area contributed by atoms with Gasteiger partial charge in [0.15, 0.2) is 0 Å². The van der Waals surface area contributed by atoms with Crippen LogP contribution in [-0.4, -0.2) is 5.66 Å². The molecule has 4 nitrogen and oxygen atoms in total. The smallest absolute Gasteiger partial charge is 0.140 e. The predicted octanol–water partition coefficient (Wildman–Crippen LogP) is 6.20. The van der Waals surface area contributed by atoms with Crippen molar-refractivity contribution in [1.82, 2.24) is 0 Å². The maximum absolute atomic E-state index is 9.84. The Bertz CT molecular complexity index is 1790. The van der Waals surface area contributed by atoms with E-state index in [-0.39, 0.29) is 11.5 Å². The maximum Gasteiger partial charge on any atom is 0.140 e. The maximum atomic E-state index is 9.84. The van der Waals surface area contributed by atoms with Crippen molar-refractivity contribution in [2.24, 2.45) is 10.9 Å². The molecule has 3 atom stereocenters. The zero-order chi connectivity index (χ0) is 25.7. The standard InChI is InChI=1S/C34H26N4/c35-21-25(22-36)28-19-32-33(27-16-8-7-15-26(27)28)37-34-18-10-9-17-30(34)29(23-11-3-1-4-12-23)20-31(38(32)34)24-13-5-2-6-14-24/h1-8,11-16,19-20,29-30H,9-10,17-18H2/t29-,30-,34+/m0/s1. The van der Waals surface area contributed by atoms with Crippen LogP contribution in [0.2, 0.25) is 0 Å². The lowest BCUT2D eigenvalue weighted by molar-refractivity contribution is 0.176. The van der Waals surface area contributed by atoms with E-state index in [4.69, 9.17) is 4.99 Å². The summed E-state index contributed by atoms with van der Waals surface area (Å²) in [5, 5.41) is 23.2. The first kappa shape index (κ1) is 22.5. The largest absolute Gasteiger partial charge is 0.314 e. The van der Waals surface area contributed by atoms with E-state index in [1.807, 2.05) is 24.3 Å². The number of nitrogens with zero attached hydrogens (tertiary/aromatic N) is 4. The van der Waals surface area contributed by atoms with E-state index in [2.05, 4.69) is 89.8 Å². The van der Waals surface area contributed by atoms with Crippen LogP contribution >= 0.6 is 0 Å². The molecule has 1 aliphatic carbocycles. The molecular formula is C34H26N4. The van der Waals surface area contributed by atoms with E-state index in [1.165, 1.54) is 12.0 Å². The van der Waals surface area contributed by atoms with E-state index in [1.54, 1.807) is 0 Å². The SMILES string of the molecule is N#CC(C#N)=c1cc2c(c3ccccc13)=N[C@@]13CCCC[C@H]1[C@H](c1ccccc1)C=C(c1ccccc1)N23. The second-order valence-electron chi connectivity index (χ2n) is 10.5. The van der Waals surface area contributed by atoms with Crippen LogP contribution < -0.4 is 15.5 Å². The number of fused-ring (bicyclic) bond motifs is 4. The molecule has 0 aromatic heterocycles. The fourth-order valence-electron chi connectivity index (χ4n) is 7.02. The average Bonchev–Trinajstić information content (AvgIpc) is 3.32. The van der Waals surface area contributed by atoms with Crippen molar-refractivity contribution in [1.29, 1.82) is 10.5 Å². The Kier molecular flexibility index (Phi) is 5.17. The van der Waals surface area contributed by atoms with Crippen molar-refractivity contribution in [3.8, 4) is 12.1 Å². The molecule has 182 valence electrons. The molecule has 0 bridgehead atoms. The van der Waals surface area contributed by atoms with Gasteiger partial charge in [-0.2, -0.15) is 10.5 Å². The summed E-state index contributed by atoms with van der Waals surface area (Å²) in [6, 6.07) is 35.8. The summed E-state index contributed by atoms with van der Waals surface area (Å²) in [4.78, 5) is 8.13. The van der Waals surface area contributed by atoms with Crippen LogP contribution in [0.4, 0.5) is 5.69 Å². The highest BCUT2D eigenvalue weighted by molar-refractivity contribution is 5.95. The van der Waals surface area contributed by atoms with Gasteiger partial charge in [-0.25, -0.2) is 0 Å². The number of benzene rings is 4. The Morgan fingerprint density at radius 2 is 1.53 bits per heavy atom. The summed E-state index contributed by atoms with van der Waals surface area (Å²) in [6.45, 7) is 0. The third-order valence-electron chi connectivity index (χ3n) is 8.59. The van der Waals surface area contributed by atoms with E-state index >= 15 is 0 Å². The molecular weight excluding hydrogens is 464 g/mol. The van der Waals surface area contributed by atoms with Gasteiger partial charge in [-0.3, -0.25) is 4.99 Å². The summed E-state index contributed by atoms with van der Waals surface area (Å²) in [5.41, 5.74) is 4.34. The summed E-state index contributed by atoms with van der Waals surface area (Å²) in [6.07, 6.45) is 6.82. The minimum Gasteiger partial charge on any atom is -0.314 e. The molecule has 0 radical (unpaired) electrons. The number of allylic oxidation sites excluding steroid dienone is 1.